The van der Waals surface area contributed by atoms with Crippen molar-refractivity contribution in [3.05, 3.63) is 53.4 Å². The molecule has 0 spiro atoms. The van der Waals surface area contributed by atoms with E-state index in [0.29, 0.717) is 0 Å². The number of rotatable bonds is 2. The van der Waals surface area contributed by atoms with Crippen LogP contribution in [0.1, 0.15) is 16.1 Å². The van der Waals surface area contributed by atoms with Crippen molar-refractivity contribution in [1.82, 2.24) is 4.57 Å². The molecule has 0 saturated carbocycles. The SMILES string of the molecule is Cc1cc(F)c(-n2cccc2C(=O)O)cc1F. The first-order valence-electron chi connectivity index (χ1n) is 4.87. The summed E-state index contributed by atoms with van der Waals surface area (Å²) in [6.07, 6.45) is 1.37. The summed E-state index contributed by atoms with van der Waals surface area (Å²) in [6, 6.07) is 4.80. The van der Waals surface area contributed by atoms with Crippen LogP contribution in [0.25, 0.3) is 5.69 Å². The molecule has 5 heteroatoms. The average molecular weight is 237 g/mol. The molecule has 0 aliphatic rings. The van der Waals surface area contributed by atoms with Crippen molar-refractivity contribution in [2.45, 2.75) is 6.92 Å². The number of hydrogen-bond acceptors (Lipinski definition) is 1. The lowest BCUT2D eigenvalue weighted by Crippen LogP contribution is -2.08. The molecule has 0 aliphatic carbocycles. The van der Waals surface area contributed by atoms with E-state index in [1.54, 1.807) is 0 Å². The number of aryl methyl sites for hydroxylation is 1. The summed E-state index contributed by atoms with van der Waals surface area (Å²) < 4.78 is 28.1. The minimum Gasteiger partial charge on any atom is -0.477 e. The van der Waals surface area contributed by atoms with E-state index < -0.39 is 17.6 Å². The Labute approximate surface area is 95.9 Å². The van der Waals surface area contributed by atoms with Gasteiger partial charge >= 0.3 is 5.97 Å². The van der Waals surface area contributed by atoms with Gasteiger partial charge in [0.1, 0.15) is 17.3 Å². The molecule has 2 rings (SSSR count). The lowest BCUT2D eigenvalue weighted by molar-refractivity contribution is 0.0688. The molecular formula is C12H9F2NO2. The lowest BCUT2D eigenvalue weighted by Gasteiger charge is -2.09. The molecule has 0 atom stereocenters. The smallest absolute Gasteiger partial charge is 0.352 e. The largest absolute Gasteiger partial charge is 0.477 e. The average Bonchev–Trinajstić information content (AvgIpc) is 2.72. The molecule has 1 aromatic carbocycles. The third-order valence-corrected chi connectivity index (χ3v) is 2.46. The molecule has 0 bridgehead atoms. The van der Waals surface area contributed by atoms with E-state index in [9.17, 15) is 13.6 Å². The lowest BCUT2D eigenvalue weighted by atomic mass is 10.2. The van der Waals surface area contributed by atoms with Gasteiger partial charge in [-0.2, -0.15) is 0 Å². The summed E-state index contributed by atoms with van der Waals surface area (Å²) in [5.74, 6) is -2.44. The highest BCUT2D eigenvalue weighted by Crippen LogP contribution is 2.20. The van der Waals surface area contributed by atoms with E-state index in [0.717, 1.165) is 16.7 Å². The molecule has 0 fully saturated rings. The minimum absolute atomic E-state index is 0.115. The van der Waals surface area contributed by atoms with Crippen LogP contribution in [-0.4, -0.2) is 15.6 Å². The van der Waals surface area contributed by atoms with Crippen molar-refractivity contribution in [2.75, 3.05) is 0 Å². The third kappa shape index (κ3) is 1.91. The predicted molar refractivity (Wildman–Crippen MR) is 57.4 cm³/mol. The van der Waals surface area contributed by atoms with E-state index in [1.165, 1.54) is 25.3 Å². The second-order valence-corrected chi connectivity index (χ2v) is 3.62. The normalized spacial score (nSPS) is 10.5. The Hall–Kier alpha value is -2.17. The van der Waals surface area contributed by atoms with Crippen molar-refractivity contribution < 1.29 is 18.7 Å². The number of carbonyl (C=O) groups is 1. The number of aromatic nitrogens is 1. The molecule has 0 saturated heterocycles. The molecule has 1 aromatic heterocycles. The molecule has 0 unspecified atom stereocenters. The van der Waals surface area contributed by atoms with Crippen molar-refractivity contribution >= 4 is 5.97 Å². The van der Waals surface area contributed by atoms with E-state index >= 15 is 0 Å². The molecule has 0 aliphatic heterocycles. The molecule has 2 aromatic rings. The zero-order chi connectivity index (χ0) is 12.6. The number of carboxylic acid groups (broad SMARTS) is 1. The highest BCUT2D eigenvalue weighted by Gasteiger charge is 2.15. The Kier molecular flexibility index (Phi) is 2.67. The van der Waals surface area contributed by atoms with E-state index in [4.69, 9.17) is 5.11 Å². The van der Waals surface area contributed by atoms with Gasteiger partial charge in [0.15, 0.2) is 0 Å². The van der Waals surface area contributed by atoms with Gasteiger partial charge in [0.2, 0.25) is 0 Å². The van der Waals surface area contributed by atoms with Crippen LogP contribution in [0.2, 0.25) is 0 Å². The van der Waals surface area contributed by atoms with Gasteiger partial charge in [-0.25, -0.2) is 13.6 Å². The number of benzene rings is 1. The van der Waals surface area contributed by atoms with Gasteiger partial charge in [-0.15, -0.1) is 0 Å². The van der Waals surface area contributed by atoms with Gasteiger partial charge in [0.05, 0.1) is 5.69 Å². The zero-order valence-corrected chi connectivity index (χ0v) is 8.95. The van der Waals surface area contributed by atoms with Crippen LogP contribution in [0.4, 0.5) is 8.78 Å². The highest BCUT2D eigenvalue weighted by molar-refractivity contribution is 5.86. The number of aromatic carboxylic acids is 1. The van der Waals surface area contributed by atoms with Gasteiger partial charge in [0, 0.05) is 12.3 Å². The number of halogens is 2. The summed E-state index contributed by atoms with van der Waals surface area (Å²) >= 11 is 0. The van der Waals surface area contributed by atoms with Gasteiger partial charge < -0.3 is 9.67 Å². The monoisotopic (exact) mass is 237 g/mol. The van der Waals surface area contributed by atoms with Gasteiger partial charge in [-0.1, -0.05) is 0 Å². The second kappa shape index (κ2) is 4.01. The topological polar surface area (TPSA) is 42.2 Å². The Bertz CT molecular complexity index is 590. The van der Waals surface area contributed by atoms with Crippen LogP contribution in [-0.2, 0) is 0 Å². The van der Waals surface area contributed by atoms with Crippen molar-refractivity contribution in [3.8, 4) is 5.69 Å². The summed E-state index contributed by atoms with van der Waals surface area (Å²) in [5.41, 5.74) is -0.0575. The molecule has 17 heavy (non-hydrogen) atoms. The minimum atomic E-state index is -1.20. The Morgan fingerprint density at radius 2 is 2.00 bits per heavy atom. The van der Waals surface area contributed by atoms with E-state index in [1.807, 2.05) is 0 Å². The van der Waals surface area contributed by atoms with Crippen molar-refractivity contribution in [1.29, 1.82) is 0 Å². The Balaban J connectivity index is 2.64. The fraction of sp³-hybridized carbons (Fsp3) is 0.0833. The van der Waals surface area contributed by atoms with Crippen LogP contribution in [0, 0.1) is 18.6 Å². The molecule has 1 heterocycles. The van der Waals surface area contributed by atoms with Gasteiger partial charge in [-0.05, 0) is 30.7 Å². The summed E-state index contributed by atoms with van der Waals surface area (Å²) in [4.78, 5) is 10.9. The van der Waals surface area contributed by atoms with Crippen molar-refractivity contribution in [2.24, 2.45) is 0 Å². The first-order valence-corrected chi connectivity index (χ1v) is 4.87. The van der Waals surface area contributed by atoms with Gasteiger partial charge in [0.25, 0.3) is 0 Å². The maximum Gasteiger partial charge on any atom is 0.352 e. The van der Waals surface area contributed by atoms with Crippen LogP contribution in [0.3, 0.4) is 0 Å². The maximum atomic E-state index is 13.7. The van der Waals surface area contributed by atoms with E-state index in [2.05, 4.69) is 0 Å². The number of carboxylic acids is 1. The third-order valence-electron chi connectivity index (χ3n) is 2.46. The van der Waals surface area contributed by atoms with Gasteiger partial charge in [-0.3, -0.25) is 0 Å². The Morgan fingerprint density at radius 1 is 1.29 bits per heavy atom. The summed E-state index contributed by atoms with van der Waals surface area (Å²) in [5, 5.41) is 8.89. The molecule has 88 valence electrons. The summed E-state index contributed by atoms with van der Waals surface area (Å²) in [6.45, 7) is 1.44. The fourth-order valence-electron chi connectivity index (χ4n) is 1.59. The highest BCUT2D eigenvalue weighted by atomic mass is 19.1. The predicted octanol–water partition coefficient (Wildman–Crippen LogP) is 2.76. The van der Waals surface area contributed by atoms with Crippen LogP contribution >= 0.6 is 0 Å². The molecular weight excluding hydrogens is 228 g/mol. The Morgan fingerprint density at radius 3 is 2.65 bits per heavy atom. The van der Waals surface area contributed by atoms with Crippen LogP contribution in [0.5, 0.6) is 0 Å². The van der Waals surface area contributed by atoms with Crippen LogP contribution in [0.15, 0.2) is 30.5 Å². The first kappa shape index (κ1) is 11.3. The van der Waals surface area contributed by atoms with E-state index in [-0.39, 0.29) is 16.9 Å². The zero-order valence-electron chi connectivity index (χ0n) is 8.95. The second-order valence-electron chi connectivity index (χ2n) is 3.62. The fourth-order valence-corrected chi connectivity index (χ4v) is 1.59. The maximum absolute atomic E-state index is 13.7. The number of hydrogen-bond donors (Lipinski definition) is 1. The number of nitrogens with zero attached hydrogens (tertiary/aromatic N) is 1. The van der Waals surface area contributed by atoms with Crippen molar-refractivity contribution in [3.63, 3.8) is 0 Å². The molecule has 3 nitrogen and oxygen atoms in total. The summed E-state index contributed by atoms with van der Waals surface area (Å²) in [7, 11) is 0. The first-order chi connectivity index (χ1) is 8.00. The quantitative estimate of drug-likeness (QED) is 0.872. The molecule has 0 amide bonds. The van der Waals surface area contributed by atoms with Crippen LogP contribution < -0.4 is 0 Å². The molecule has 1 N–H and O–H groups in total. The molecule has 0 radical (unpaired) electrons. The standard InChI is InChI=1S/C12H9F2NO2/c1-7-5-9(14)11(6-8(7)13)15-4-2-3-10(15)12(16)17/h2-6H,1H3,(H,16,17).